The van der Waals surface area contributed by atoms with Crippen LogP contribution in [0.4, 0.5) is 0 Å². The van der Waals surface area contributed by atoms with Gasteiger partial charge in [-0.25, -0.2) is 4.98 Å². The van der Waals surface area contributed by atoms with Gasteiger partial charge in [0.05, 0.1) is 18.1 Å². The van der Waals surface area contributed by atoms with Crippen molar-refractivity contribution in [3.63, 3.8) is 0 Å². The molecule has 16 heavy (non-hydrogen) atoms. The Labute approximate surface area is 89.9 Å². The van der Waals surface area contributed by atoms with Crippen molar-refractivity contribution in [2.24, 2.45) is 0 Å². The average molecular weight is 214 g/mol. The van der Waals surface area contributed by atoms with Crippen molar-refractivity contribution in [3.8, 4) is 23.2 Å². The standard InChI is InChI=1S/C10H6N4O2/c11-2-6-1-7(3-13-10(6)16)8-4-12-5-9(15)14-8/h1,3-5H,(H,13,16)(H,14,15). The molecule has 0 radical (unpaired) electrons. The Morgan fingerprint density at radius 3 is 2.94 bits per heavy atom. The van der Waals surface area contributed by atoms with Crippen LogP contribution in [0.25, 0.3) is 11.3 Å². The van der Waals surface area contributed by atoms with Crippen LogP contribution in [0, 0.1) is 11.3 Å². The van der Waals surface area contributed by atoms with Crippen LogP contribution in [0.15, 0.2) is 29.5 Å². The largest absolute Gasteiger partial charge is 0.492 e. The number of hydrogen-bond donors (Lipinski definition) is 2. The van der Waals surface area contributed by atoms with Crippen LogP contribution in [0.1, 0.15) is 5.56 Å². The Morgan fingerprint density at radius 1 is 1.44 bits per heavy atom. The lowest BCUT2D eigenvalue weighted by Gasteiger charge is -2.00. The summed E-state index contributed by atoms with van der Waals surface area (Å²) in [5.74, 6) is -0.220. The molecular formula is C10H6N4O2. The summed E-state index contributed by atoms with van der Waals surface area (Å²) in [5, 5.41) is 17.8. The van der Waals surface area contributed by atoms with Crippen molar-refractivity contribution in [2.45, 2.75) is 0 Å². The molecule has 0 atom stereocenters. The minimum Gasteiger partial charge on any atom is -0.492 e. The Morgan fingerprint density at radius 2 is 2.25 bits per heavy atom. The highest BCUT2D eigenvalue weighted by Crippen LogP contribution is 2.16. The highest BCUT2D eigenvalue weighted by molar-refractivity contribution is 5.59. The third-order valence-corrected chi connectivity index (χ3v) is 1.94. The summed E-state index contributed by atoms with van der Waals surface area (Å²) >= 11 is 0. The van der Waals surface area contributed by atoms with Gasteiger partial charge in [0, 0.05) is 11.8 Å². The molecule has 6 heteroatoms. The summed E-state index contributed by atoms with van der Waals surface area (Å²) in [6.45, 7) is 0. The number of aromatic amines is 1. The van der Waals surface area contributed by atoms with Gasteiger partial charge in [-0.15, -0.1) is 0 Å². The number of nitrogens with one attached hydrogen (secondary N) is 1. The normalized spacial score (nSPS) is 9.69. The smallest absolute Gasteiger partial charge is 0.265 e. The van der Waals surface area contributed by atoms with Gasteiger partial charge in [-0.3, -0.25) is 9.78 Å². The zero-order valence-electron chi connectivity index (χ0n) is 8.01. The fourth-order valence-corrected chi connectivity index (χ4v) is 1.21. The van der Waals surface area contributed by atoms with Crippen molar-refractivity contribution in [3.05, 3.63) is 40.6 Å². The van der Waals surface area contributed by atoms with E-state index < -0.39 is 5.56 Å². The topological polar surface area (TPSA) is 103 Å². The highest BCUT2D eigenvalue weighted by Gasteiger charge is 2.05. The first-order chi connectivity index (χ1) is 7.70. The summed E-state index contributed by atoms with van der Waals surface area (Å²) < 4.78 is 0. The van der Waals surface area contributed by atoms with Gasteiger partial charge in [-0.2, -0.15) is 5.26 Å². The molecule has 78 valence electrons. The second-order valence-corrected chi connectivity index (χ2v) is 3.01. The van der Waals surface area contributed by atoms with Gasteiger partial charge in [0.15, 0.2) is 0 Å². The second-order valence-electron chi connectivity index (χ2n) is 3.01. The summed E-state index contributed by atoms with van der Waals surface area (Å²) in [4.78, 5) is 21.1. The van der Waals surface area contributed by atoms with E-state index in [1.165, 1.54) is 24.7 Å². The van der Waals surface area contributed by atoms with E-state index in [9.17, 15) is 4.79 Å². The molecule has 0 aliphatic heterocycles. The number of nitrogens with zero attached hydrogens (tertiary/aromatic N) is 3. The van der Waals surface area contributed by atoms with Gasteiger partial charge < -0.3 is 10.1 Å². The quantitative estimate of drug-likeness (QED) is 0.715. The number of aromatic nitrogens is 3. The second kappa shape index (κ2) is 3.82. The van der Waals surface area contributed by atoms with Gasteiger partial charge in [0.2, 0.25) is 5.88 Å². The third-order valence-electron chi connectivity index (χ3n) is 1.94. The van der Waals surface area contributed by atoms with Gasteiger partial charge in [0.1, 0.15) is 11.6 Å². The minimum absolute atomic E-state index is 0.0114. The Balaban J connectivity index is 2.58. The van der Waals surface area contributed by atoms with E-state index in [0.717, 1.165) is 0 Å². The molecule has 0 spiro atoms. The number of hydrogen-bond acceptors (Lipinski definition) is 5. The van der Waals surface area contributed by atoms with Crippen molar-refractivity contribution in [1.29, 1.82) is 5.26 Å². The third kappa shape index (κ3) is 1.74. The number of H-pyrrole nitrogens is 1. The summed E-state index contributed by atoms with van der Waals surface area (Å²) in [5.41, 5.74) is 0.425. The number of rotatable bonds is 1. The Hall–Kier alpha value is -2.68. The lowest BCUT2D eigenvalue weighted by molar-refractivity contribution is 0.451. The van der Waals surface area contributed by atoms with Gasteiger partial charge in [-0.1, -0.05) is 0 Å². The maximum absolute atomic E-state index is 11.1. The molecule has 0 saturated heterocycles. The summed E-state index contributed by atoms with van der Waals surface area (Å²) in [6, 6.07) is 3.16. The van der Waals surface area contributed by atoms with E-state index in [2.05, 4.69) is 15.0 Å². The number of pyridine rings is 1. The zero-order chi connectivity index (χ0) is 11.5. The van der Waals surface area contributed by atoms with E-state index in [4.69, 9.17) is 10.4 Å². The van der Waals surface area contributed by atoms with Crippen molar-refractivity contribution in [1.82, 2.24) is 15.0 Å². The van der Waals surface area contributed by atoms with Gasteiger partial charge in [0.25, 0.3) is 5.56 Å². The van der Waals surface area contributed by atoms with Crippen LogP contribution in [0.2, 0.25) is 0 Å². The molecule has 2 heterocycles. The molecule has 2 rings (SSSR count). The molecule has 0 aliphatic carbocycles. The number of aromatic hydroxyl groups is 1. The first kappa shape index (κ1) is 9.86. The zero-order valence-corrected chi connectivity index (χ0v) is 8.01. The highest BCUT2D eigenvalue weighted by atomic mass is 16.3. The van der Waals surface area contributed by atoms with Crippen molar-refractivity contribution < 1.29 is 5.11 Å². The van der Waals surface area contributed by atoms with Crippen LogP contribution in [0.3, 0.4) is 0 Å². The molecule has 0 bridgehead atoms. The molecular weight excluding hydrogens is 208 g/mol. The van der Waals surface area contributed by atoms with Gasteiger partial charge in [-0.05, 0) is 6.07 Å². The molecule has 0 aromatic carbocycles. The maximum Gasteiger partial charge on any atom is 0.265 e. The Kier molecular flexibility index (Phi) is 2.36. The van der Waals surface area contributed by atoms with Crippen molar-refractivity contribution >= 4 is 0 Å². The van der Waals surface area contributed by atoms with Crippen LogP contribution in [-0.2, 0) is 0 Å². The maximum atomic E-state index is 11.1. The lowest BCUT2D eigenvalue weighted by Crippen LogP contribution is -2.09. The lowest BCUT2D eigenvalue weighted by atomic mass is 10.1. The molecule has 2 N–H and O–H groups in total. The molecule has 2 aromatic heterocycles. The van der Waals surface area contributed by atoms with Crippen LogP contribution in [0.5, 0.6) is 5.88 Å². The average Bonchev–Trinajstić information content (AvgIpc) is 2.29. The predicted molar refractivity (Wildman–Crippen MR) is 54.5 cm³/mol. The van der Waals surface area contributed by atoms with Crippen LogP contribution >= 0.6 is 0 Å². The van der Waals surface area contributed by atoms with E-state index in [-0.39, 0.29) is 11.4 Å². The minimum atomic E-state index is -0.459. The van der Waals surface area contributed by atoms with E-state index in [1.54, 1.807) is 6.07 Å². The van der Waals surface area contributed by atoms with E-state index in [0.29, 0.717) is 11.3 Å². The molecule has 6 nitrogen and oxygen atoms in total. The molecule has 0 saturated carbocycles. The summed E-state index contributed by atoms with van der Waals surface area (Å²) in [6.07, 6.45) is 4.03. The molecule has 0 amide bonds. The fourth-order valence-electron chi connectivity index (χ4n) is 1.21. The van der Waals surface area contributed by atoms with Crippen molar-refractivity contribution in [2.75, 3.05) is 0 Å². The predicted octanol–water partition coefficient (Wildman–Crippen LogP) is 0.409. The SMILES string of the molecule is N#Cc1cc(-c2cncc(O)n2)c[nH]c1=O. The monoisotopic (exact) mass is 214 g/mol. The van der Waals surface area contributed by atoms with Crippen LogP contribution in [-0.4, -0.2) is 20.1 Å². The molecule has 0 fully saturated rings. The first-order valence-corrected chi connectivity index (χ1v) is 4.35. The van der Waals surface area contributed by atoms with E-state index in [1.807, 2.05) is 0 Å². The Bertz CT molecular complexity index is 627. The van der Waals surface area contributed by atoms with E-state index >= 15 is 0 Å². The fraction of sp³-hybridized carbons (Fsp3) is 0. The van der Waals surface area contributed by atoms with Crippen LogP contribution < -0.4 is 5.56 Å². The van der Waals surface area contributed by atoms with Gasteiger partial charge >= 0.3 is 0 Å². The number of nitriles is 1. The molecule has 0 aliphatic rings. The molecule has 0 unspecified atom stereocenters. The first-order valence-electron chi connectivity index (χ1n) is 4.35. The summed E-state index contributed by atoms with van der Waals surface area (Å²) in [7, 11) is 0. The molecule has 2 aromatic rings.